The number of nitrogens with zero attached hydrogens (tertiary/aromatic N) is 2. The van der Waals surface area contributed by atoms with Crippen LogP contribution in [0.15, 0.2) is 36.4 Å². The summed E-state index contributed by atoms with van der Waals surface area (Å²) in [5.74, 6) is 1.48. The minimum absolute atomic E-state index is 0.0380. The van der Waals surface area contributed by atoms with Gasteiger partial charge in [-0.2, -0.15) is 0 Å². The van der Waals surface area contributed by atoms with Crippen LogP contribution < -0.4 is 14.2 Å². The zero-order valence-corrected chi connectivity index (χ0v) is 16.4. The van der Waals surface area contributed by atoms with Crippen molar-refractivity contribution in [3.05, 3.63) is 53.3 Å². The molecule has 1 aliphatic rings. The molecule has 1 heterocycles. The van der Waals surface area contributed by atoms with Crippen molar-refractivity contribution in [3.8, 4) is 17.2 Å². The van der Waals surface area contributed by atoms with Crippen molar-refractivity contribution in [2.45, 2.75) is 6.54 Å². The Morgan fingerprint density at radius 2 is 1.54 bits per heavy atom. The summed E-state index contributed by atoms with van der Waals surface area (Å²) < 4.78 is 29.4. The zero-order valence-electron chi connectivity index (χ0n) is 16.4. The molecule has 0 saturated carbocycles. The zero-order chi connectivity index (χ0) is 20.1. The number of halogens is 1. The Balaban J connectivity index is 1.62. The third-order valence-electron chi connectivity index (χ3n) is 4.93. The van der Waals surface area contributed by atoms with Crippen LogP contribution in [0.25, 0.3) is 0 Å². The molecule has 0 bridgehead atoms. The highest BCUT2D eigenvalue weighted by molar-refractivity contribution is 5.95. The molecule has 0 atom stereocenters. The Morgan fingerprint density at radius 1 is 0.893 bits per heavy atom. The molecule has 7 heteroatoms. The molecular formula is C21H25FN2O4. The van der Waals surface area contributed by atoms with E-state index in [0.717, 1.165) is 5.56 Å². The van der Waals surface area contributed by atoms with Gasteiger partial charge in [-0.25, -0.2) is 4.39 Å². The largest absolute Gasteiger partial charge is 0.496 e. The minimum atomic E-state index is -0.280. The summed E-state index contributed by atoms with van der Waals surface area (Å²) in [4.78, 5) is 16.8. The summed E-state index contributed by atoms with van der Waals surface area (Å²) in [5, 5.41) is 0. The predicted octanol–water partition coefficient (Wildman–Crippen LogP) is 2.81. The molecule has 1 amide bonds. The molecule has 0 aromatic heterocycles. The van der Waals surface area contributed by atoms with Crippen molar-refractivity contribution in [1.29, 1.82) is 0 Å². The Bertz CT molecular complexity index is 835. The Labute approximate surface area is 164 Å². The van der Waals surface area contributed by atoms with Crippen LogP contribution in [0.4, 0.5) is 4.39 Å². The van der Waals surface area contributed by atoms with Crippen LogP contribution in [0.2, 0.25) is 0 Å². The highest BCUT2D eigenvalue weighted by Gasteiger charge is 2.23. The molecule has 0 N–H and O–H groups in total. The molecule has 3 rings (SSSR count). The smallest absolute Gasteiger partial charge is 0.254 e. The van der Waals surface area contributed by atoms with Crippen LogP contribution in [0.3, 0.4) is 0 Å². The molecule has 1 saturated heterocycles. The van der Waals surface area contributed by atoms with Crippen LogP contribution in [-0.4, -0.2) is 63.2 Å². The van der Waals surface area contributed by atoms with Gasteiger partial charge in [0.1, 0.15) is 11.6 Å². The normalized spacial score (nSPS) is 14.6. The maximum absolute atomic E-state index is 13.6. The number of carbonyl (C=O) groups is 1. The van der Waals surface area contributed by atoms with E-state index in [0.29, 0.717) is 55.5 Å². The summed E-state index contributed by atoms with van der Waals surface area (Å²) in [5.41, 5.74) is 1.38. The number of amides is 1. The first kappa shape index (κ1) is 19.9. The van der Waals surface area contributed by atoms with E-state index in [1.165, 1.54) is 12.1 Å². The summed E-state index contributed by atoms with van der Waals surface area (Å²) in [6, 6.07) is 9.71. The summed E-state index contributed by atoms with van der Waals surface area (Å²) in [6.45, 7) is 3.20. The van der Waals surface area contributed by atoms with Gasteiger partial charge in [0.25, 0.3) is 5.91 Å². The first-order valence-corrected chi connectivity index (χ1v) is 9.11. The number of rotatable bonds is 6. The van der Waals surface area contributed by atoms with E-state index in [-0.39, 0.29) is 11.7 Å². The number of piperazine rings is 1. The number of hydrogen-bond acceptors (Lipinski definition) is 5. The van der Waals surface area contributed by atoms with Gasteiger partial charge in [-0.05, 0) is 36.4 Å². The van der Waals surface area contributed by atoms with Gasteiger partial charge in [0.2, 0.25) is 0 Å². The van der Waals surface area contributed by atoms with E-state index in [1.54, 1.807) is 45.6 Å². The molecule has 0 radical (unpaired) electrons. The fourth-order valence-electron chi connectivity index (χ4n) is 3.37. The van der Waals surface area contributed by atoms with Crippen molar-refractivity contribution < 1.29 is 23.4 Å². The average molecular weight is 388 g/mol. The van der Waals surface area contributed by atoms with Crippen molar-refractivity contribution in [2.75, 3.05) is 47.5 Å². The topological polar surface area (TPSA) is 51.2 Å². The molecule has 2 aromatic carbocycles. The number of methoxy groups -OCH3 is 3. The van der Waals surface area contributed by atoms with Crippen molar-refractivity contribution in [1.82, 2.24) is 9.80 Å². The van der Waals surface area contributed by atoms with Gasteiger partial charge in [-0.1, -0.05) is 0 Å². The quantitative estimate of drug-likeness (QED) is 0.762. The van der Waals surface area contributed by atoms with E-state index in [1.807, 2.05) is 4.90 Å². The molecule has 0 unspecified atom stereocenters. The molecule has 28 heavy (non-hydrogen) atoms. The third kappa shape index (κ3) is 4.36. The van der Waals surface area contributed by atoms with E-state index in [9.17, 15) is 9.18 Å². The van der Waals surface area contributed by atoms with E-state index < -0.39 is 0 Å². The Morgan fingerprint density at radius 3 is 2.18 bits per heavy atom. The molecule has 6 nitrogen and oxygen atoms in total. The van der Waals surface area contributed by atoms with Gasteiger partial charge in [0, 0.05) is 43.9 Å². The van der Waals surface area contributed by atoms with Gasteiger partial charge in [-0.15, -0.1) is 0 Å². The highest BCUT2D eigenvalue weighted by atomic mass is 19.1. The second kappa shape index (κ2) is 8.93. The highest BCUT2D eigenvalue weighted by Crippen LogP contribution is 2.28. The fourth-order valence-corrected chi connectivity index (χ4v) is 3.37. The summed E-state index contributed by atoms with van der Waals surface area (Å²) in [6.07, 6.45) is 0. The summed E-state index contributed by atoms with van der Waals surface area (Å²) >= 11 is 0. The van der Waals surface area contributed by atoms with Gasteiger partial charge in [-0.3, -0.25) is 9.69 Å². The van der Waals surface area contributed by atoms with Gasteiger partial charge in [0.15, 0.2) is 11.5 Å². The molecule has 0 aliphatic carbocycles. The monoisotopic (exact) mass is 388 g/mol. The lowest BCUT2D eigenvalue weighted by Crippen LogP contribution is -2.48. The lowest BCUT2D eigenvalue weighted by molar-refractivity contribution is 0.0627. The second-order valence-electron chi connectivity index (χ2n) is 6.59. The Kier molecular flexibility index (Phi) is 6.36. The molecule has 2 aromatic rings. The van der Waals surface area contributed by atoms with Gasteiger partial charge < -0.3 is 19.1 Å². The molecule has 1 aliphatic heterocycles. The lowest BCUT2D eigenvalue weighted by Gasteiger charge is -2.35. The van der Waals surface area contributed by atoms with E-state index >= 15 is 0 Å². The summed E-state index contributed by atoms with van der Waals surface area (Å²) in [7, 11) is 4.69. The van der Waals surface area contributed by atoms with Crippen LogP contribution in [0, 0.1) is 5.82 Å². The lowest BCUT2D eigenvalue weighted by atomic mass is 10.1. The number of benzene rings is 2. The van der Waals surface area contributed by atoms with Crippen LogP contribution in [-0.2, 0) is 6.54 Å². The first-order valence-electron chi connectivity index (χ1n) is 9.11. The maximum atomic E-state index is 13.6. The third-order valence-corrected chi connectivity index (χ3v) is 4.93. The van der Waals surface area contributed by atoms with Crippen molar-refractivity contribution in [2.24, 2.45) is 0 Å². The molecular weight excluding hydrogens is 363 g/mol. The first-order chi connectivity index (χ1) is 13.5. The SMILES string of the molecule is COc1ccc(F)cc1CN1CCN(C(=O)c2ccc(OC)c(OC)c2)CC1. The van der Waals surface area contributed by atoms with Gasteiger partial charge >= 0.3 is 0 Å². The van der Waals surface area contributed by atoms with Crippen LogP contribution in [0.1, 0.15) is 15.9 Å². The number of carbonyl (C=O) groups excluding carboxylic acids is 1. The van der Waals surface area contributed by atoms with Gasteiger partial charge in [0.05, 0.1) is 21.3 Å². The predicted molar refractivity (Wildman–Crippen MR) is 104 cm³/mol. The number of hydrogen-bond donors (Lipinski definition) is 0. The standard InChI is InChI=1S/C21H25FN2O4/c1-26-18-7-5-17(22)12-16(18)14-23-8-10-24(11-9-23)21(25)15-4-6-19(27-2)20(13-15)28-3/h4-7,12-13H,8-11,14H2,1-3H3. The minimum Gasteiger partial charge on any atom is -0.496 e. The van der Waals surface area contributed by atoms with Crippen LogP contribution >= 0.6 is 0 Å². The van der Waals surface area contributed by atoms with E-state index in [2.05, 4.69) is 4.90 Å². The van der Waals surface area contributed by atoms with E-state index in [4.69, 9.17) is 14.2 Å². The molecule has 150 valence electrons. The Hall–Kier alpha value is -2.80. The second-order valence-corrected chi connectivity index (χ2v) is 6.59. The molecule has 0 spiro atoms. The number of ether oxygens (including phenoxy) is 3. The average Bonchev–Trinajstić information content (AvgIpc) is 2.73. The van der Waals surface area contributed by atoms with Crippen molar-refractivity contribution >= 4 is 5.91 Å². The maximum Gasteiger partial charge on any atom is 0.254 e. The fraction of sp³-hybridized carbons (Fsp3) is 0.381. The van der Waals surface area contributed by atoms with Crippen molar-refractivity contribution in [3.63, 3.8) is 0 Å². The molecule has 1 fully saturated rings. The van der Waals surface area contributed by atoms with Crippen LogP contribution in [0.5, 0.6) is 17.2 Å².